The lowest BCUT2D eigenvalue weighted by atomic mass is 10.2. The maximum atomic E-state index is 12.4. The number of hydrogen-bond acceptors (Lipinski definition) is 3. The van der Waals surface area contributed by atoms with Crippen LogP contribution in [0.3, 0.4) is 0 Å². The molecular formula is C19H21BrN3OS+. The van der Waals surface area contributed by atoms with Crippen molar-refractivity contribution in [1.29, 1.82) is 0 Å². The number of halogens is 1. The molecule has 6 heteroatoms. The van der Waals surface area contributed by atoms with Crippen LogP contribution in [0.15, 0.2) is 46.9 Å². The van der Waals surface area contributed by atoms with Crippen molar-refractivity contribution in [2.24, 2.45) is 0 Å². The molecule has 0 saturated heterocycles. The Morgan fingerprint density at radius 2 is 2.08 bits per heavy atom. The van der Waals surface area contributed by atoms with E-state index in [-0.39, 0.29) is 11.9 Å². The summed E-state index contributed by atoms with van der Waals surface area (Å²) < 4.78 is 2.09. The third kappa shape index (κ3) is 4.26. The second-order valence-corrected chi connectivity index (χ2v) is 8.21. The predicted octanol–water partition coefficient (Wildman–Crippen LogP) is 3.58. The molecule has 4 nitrogen and oxygen atoms in total. The summed E-state index contributed by atoms with van der Waals surface area (Å²) in [5.74, 6) is -0.00462. The van der Waals surface area contributed by atoms with E-state index in [4.69, 9.17) is 4.98 Å². The van der Waals surface area contributed by atoms with Crippen LogP contribution in [-0.4, -0.2) is 24.5 Å². The van der Waals surface area contributed by atoms with E-state index < -0.39 is 0 Å². The van der Waals surface area contributed by atoms with Crippen molar-refractivity contribution in [3.8, 4) is 0 Å². The Morgan fingerprint density at radius 3 is 2.80 bits per heavy atom. The average Bonchev–Trinajstić information content (AvgIpc) is 3.00. The van der Waals surface area contributed by atoms with Crippen LogP contribution in [0.5, 0.6) is 0 Å². The number of thiazole rings is 1. The molecule has 25 heavy (non-hydrogen) atoms. The van der Waals surface area contributed by atoms with Crippen LogP contribution in [0.2, 0.25) is 0 Å². The summed E-state index contributed by atoms with van der Waals surface area (Å²) >= 11 is 5.19. The van der Waals surface area contributed by atoms with Crippen LogP contribution in [-0.2, 0) is 4.79 Å². The molecule has 3 aromatic rings. The van der Waals surface area contributed by atoms with Gasteiger partial charge in [0.2, 0.25) is 0 Å². The number of likely N-dealkylation sites (N-methyl/N-ethyl adjacent to an activating group) is 1. The van der Waals surface area contributed by atoms with Gasteiger partial charge in [0.1, 0.15) is 6.04 Å². The Labute approximate surface area is 160 Å². The number of fused-ring (bicyclic) bond motifs is 1. The molecule has 0 aliphatic heterocycles. The van der Waals surface area contributed by atoms with Crippen molar-refractivity contribution in [3.05, 3.63) is 57.5 Å². The van der Waals surface area contributed by atoms with E-state index in [2.05, 4.69) is 34.2 Å². The summed E-state index contributed by atoms with van der Waals surface area (Å²) in [5, 5.41) is 4.04. The summed E-state index contributed by atoms with van der Waals surface area (Å²) in [6, 6.07) is 14.2. The minimum absolute atomic E-state index is 0.00462. The highest BCUT2D eigenvalue weighted by atomic mass is 79.9. The zero-order valence-corrected chi connectivity index (χ0v) is 16.9. The first-order valence-corrected chi connectivity index (χ1v) is 9.79. The maximum absolute atomic E-state index is 12.4. The van der Waals surface area contributed by atoms with Crippen LogP contribution >= 0.6 is 27.3 Å². The summed E-state index contributed by atoms with van der Waals surface area (Å²) in [4.78, 5) is 18.2. The number of aryl methyl sites for hydroxylation is 1. The van der Waals surface area contributed by atoms with Crippen LogP contribution in [0.1, 0.15) is 23.5 Å². The third-order valence-corrected chi connectivity index (χ3v) is 6.13. The molecule has 130 valence electrons. The van der Waals surface area contributed by atoms with Crippen LogP contribution in [0, 0.1) is 6.92 Å². The van der Waals surface area contributed by atoms with E-state index >= 15 is 0 Å². The Bertz CT molecular complexity index is 876. The molecule has 0 spiro atoms. The normalized spacial score (nSPS) is 13.6. The molecule has 0 aliphatic rings. The maximum Gasteiger partial charge on any atom is 0.279 e. The molecule has 3 rings (SSSR count). The Kier molecular flexibility index (Phi) is 5.51. The molecule has 0 aliphatic carbocycles. The first kappa shape index (κ1) is 18.0. The van der Waals surface area contributed by atoms with E-state index in [0.717, 1.165) is 31.1 Å². The van der Waals surface area contributed by atoms with E-state index in [9.17, 15) is 4.79 Å². The lowest BCUT2D eigenvalue weighted by Gasteiger charge is -2.19. The topological polar surface area (TPSA) is 46.4 Å². The first-order valence-electron chi connectivity index (χ1n) is 8.18. The number of rotatable bonds is 5. The lowest BCUT2D eigenvalue weighted by Crippen LogP contribution is -3.10. The number of hydrogen-bond donors (Lipinski definition) is 2. The van der Waals surface area contributed by atoms with Gasteiger partial charge >= 0.3 is 0 Å². The van der Waals surface area contributed by atoms with Crippen molar-refractivity contribution in [2.45, 2.75) is 19.9 Å². The zero-order chi connectivity index (χ0) is 18.0. The predicted molar refractivity (Wildman–Crippen MR) is 107 cm³/mol. The van der Waals surface area contributed by atoms with Gasteiger partial charge in [-0.05, 0) is 59.6 Å². The number of carbonyl (C=O) groups is 1. The fraction of sp³-hybridized carbons (Fsp3) is 0.263. The van der Waals surface area contributed by atoms with E-state index in [1.807, 2.05) is 50.4 Å². The molecular weight excluding hydrogens is 398 g/mol. The van der Waals surface area contributed by atoms with Gasteiger partial charge in [-0.15, -0.1) is 11.3 Å². The number of benzene rings is 2. The van der Waals surface area contributed by atoms with Gasteiger partial charge in [0.15, 0.2) is 11.6 Å². The minimum atomic E-state index is -0.00462. The molecule has 0 radical (unpaired) electrons. The highest BCUT2D eigenvalue weighted by Gasteiger charge is 2.22. The summed E-state index contributed by atoms with van der Waals surface area (Å²) in [7, 11) is 2.03. The average molecular weight is 419 g/mol. The van der Waals surface area contributed by atoms with Crippen LogP contribution < -0.4 is 10.2 Å². The number of aromatic nitrogens is 1. The lowest BCUT2D eigenvalue weighted by molar-refractivity contribution is -0.902. The van der Waals surface area contributed by atoms with Crippen molar-refractivity contribution in [3.63, 3.8) is 0 Å². The van der Waals surface area contributed by atoms with E-state index in [1.54, 1.807) is 11.3 Å². The van der Waals surface area contributed by atoms with E-state index in [1.165, 1.54) is 4.70 Å². The van der Waals surface area contributed by atoms with Crippen LogP contribution in [0.4, 0.5) is 5.69 Å². The van der Waals surface area contributed by atoms with Crippen molar-refractivity contribution in [2.75, 3.05) is 18.9 Å². The number of carbonyl (C=O) groups excluding carboxylic acids is 1. The summed E-state index contributed by atoms with van der Waals surface area (Å²) in [5.41, 5.74) is 2.98. The fourth-order valence-electron chi connectivity index (χ4n) is 2.61. The Morgan fingerprint density at radius 1 is 1.32 bits per heavy atom. The summed E-state index contributed by atoms with van der Waals surface area (Å²) in [6.07, 6.45) is 0. The third-order valence-electron chi connectivity index (χ3n) is 4.26. The van der Waals surface area contributed by atoms with Crippen molar-refractivity contribution >= 4 is 49.1 Å². The standard InChI is InChI=1S/C19H20BrN3OS/c1-12-8-9-15(14(20)10-12)21-18(24)11-23(3)13(2)19-22-16-6-4-5-7-17(16)25-19/h4-10,13H,11H2,1-3H3,(H,21,24)/p+1/t13-/m1/s1. The quantitative estimate of drug-likeness (QED) is 0.664. The largest absolute Gasteiger partial charge is 0.322 e. The Hall–Kier alpha value is -1.76. The van der Waals surface area contributed by atoms with Gasteiger partial charge in [0, 0.05) is 4.47 Å². The molecule has 0 fully saturated rings. The van der Waals surface area contributed by atoms with Crippen molar-refractivity contribution < 1.29 is 9.69 Å². The number of para-hydroxylation sites is 1. The monoisotopic (exact) mass is 418 g/mol. The molecule has 0 saturated carbocycles. The minimum Gasteiger partial charge on any atom is -0.322 e. The highest BCUT2D eigenvalue weighted by molar-refractivity contribution is 9.10. The van der Waals surface area contributed by atoms with Gasteiger partial charge in [-0.2, -0.15) is 0 Å². The van der Waals surface area contributed by atoms with Gasteiger partial charge in [-0.25, -0.2) is 4.98 Å². The van der Waals surface area contributed by atoms with Gasteiger partial charge in [0.25, 0.3) is 5.91 Å². The second kappa shape index (κ2) is 7.64. The second-order valence-electron chi connectivity index (χ2n) is 6.30. The molecule has 0 bridgehead atoms. The number of anilines is 1. The smallest absolute Gasteiger partial charge is 0.279 e. The zero-order valence-electron chi connectivity index (χ0n) is 14.5. The molecule has 1 heterocycles. The SMILES string of the molecule is Cc1ccc(NC(=O)C[NH+](C)[C@H](C)c2nc3ccccc3s2)c(Br)c1. The number of nitrogens with one attached hydrogen (secondary N) is 2. The molecule has 1 aromatic heterocycles. The van der Waals surface area contributed by atoms with Gasteiger partial charge in [0.05, 0.1) is 23.0 Å². The molecule has 1 amide bonds. The van der Waals surface area contributed by atoms with Gasteiger partial charge < -0.3 is 10.2 Å². The van der Waals surface area contributed by atoms with Crippen molar-refractivity contribution in [1.82, 2.24) is 4.98 Å². The number of quaternary nitrogens is 1. The molecule has 1 unspecified atom stereocenters. The first-order chi connectivity index (χ1) is 11.9. The number of amides is 1. The summed E-state index contributed by atoms with van der Waals surface area (Å²) in [6.45, 7) is 4.52. The number of nitrogens with zero attached hydrogens (tertiary/aromatic N) is 1. The highest BCUT2D eigenvalue weighted by Crippen LogP contribution is 2.25. The van der Waals surface area contributed by atoms with Gasteiger partial charge in [-0.3, -0.25) is 4.79 Å². The molecule has 2 N–H and O–H groups in total. The molecule has 2 aromatic carbocycles. The Balaban J connectivity index is 1.66. The van der Waals surface area contributed by atoms with E-state index in [0.29, 0.717) is 6.54 Å². The van der Waals surface area contributed by atoms with Crippen LogP contribution in [0.25, 0.3) is 10.2 Å². The van der Waals surface area contributed by atoms with Gasteiger partial charge in [-0.1, -0.05) is 18.2 Å². The fourth-order valence-corrected chi connectivity index (χ4v) is 4.31. The molecule has 2 atom stereocenters.